The lowest BCUT2D eigenvalue weighted by atomic mass is 10.6. The summed E-state index contributed by atoms with van der Waals surface area (Å²) in [5.41, 5.74) is 5.18. The lowest BCUT2D eigenvalue weighted by Gasteiger charge is -1.84. The molecule has 0 saturated heterocycles. The highest BCUT2D eigenvalue weighted by Crippen LogP contribution is 2.00. The molecule has 1 aromatic heterocycles. The first kappa shape index (κ1) is 6.25. The summed E-state index contributed by atoms with van der Waals surface area (Å²) >= 11 is 0. The molecule has 0 bridgehead atoms. The minimum absolute atomic E-state index is 0.118. The smallest absolute Gasteiger partial charge is 0.208 e. The zero-order valence-corrected chi connectivity index (χ0v) is 4.87. The van der Waals surface area contributed by atoms with Gasteiger partial charge in [-0.15, -0.1) is 0 Å². The summed E-state index contributed by atoms with van der Waals surface area (Å²) in [7, 11) is 0. The molecule has 1 rings (SSSR count). The highest BCUT2D eigenvalue weighted by molar-refractivity contribution is 4.91. The fraction of sp³-hybridized carbons (Fsp3) is 0.400. The third-order valence-corrected chi connectivity index (χ3v) is 0.932. The van der Waals surface area contributed by atoms with Crippen molar-refractivity contribution in [1.82, 2.24) is 4.98 Å². The van der Waals surface area contributed by atoms with Gasteiger partial charge in [0.05, 0.1) is 12.7 Å². The Morgan fingerprint density at radius 2 is 2.56 bits per heavy atom. The van der Waals surface area contributed by atoms with E-state index in [0.29, 0.717) is 11.7 Å². The van der Waals surface area contributed by atoms with Crippen molar-refractivity contribution in [3.63, 3.8) is 0 Å². The van der Waals surface area contributed by atoms with Gasteiger partial charge < -0.3 is 15.3 Å². The van der Waals surface area contributed by atoms with Crippen LogP contribution in [0.1, 0.15) is 11.7 Å². The molecular weight excluding hydrogens is 120 g/mol. The van der Waals surface area contributed by atoms with Crippen molar-refractivity contribution in [2.24, 2.45) is 5.73 Å². The van der Waals surface area contributed by atoms with E-state index in [9.17, 15) is 0 Å². The Hall–Kier alpha value is -0.870. The van der Waals surface area contributed by atoms with Crippen molar-refractivity contribution < 1.29 is 9.52 Å². The Balaban J connectivity index is 2.74. The predicted octanol–water partition coefficient (Wildman–Crippen LogP) is -0.374. The summed E-state index contributed by atoms with van der Waals surface area (Å²) in [4.78, 5) is 3.75. The second kappa shape index (κ2) is 2.61. The van der Waals surface area contributed by atoms with E-state index in [4.69, 9.17) is 15.3 Å². The minimum Gasteiger partial charge on any atom is -0.442 e. The number of hydrogen-bond donors (Lipinski definition) is 2. The van der Waals surface area contributed by atoms with Crippen LogP contribution < -0.4 is 5.73 Å². The summed E-state index contributed by atoms with van der Waals surface area (Å²) in [5.74, 6) is 0.912. The molecule has 0 fully saturated rings. The molecule has 0 saturated carbocycles. The summed E-state index contributed by atoms with van der Waals surface area (Å²) < 4.78 is 4.90. The van der Waals surface area contributed by atoms with Crippen LogP contribution in [0.2, 0.25) is 0 Å². The van der Waals surface area contributed by atoms with Gasteiger partial charge in [0.1, 0.15) is 12.4 Å². The topological polar surface area (TPSA) is 72.3 Å². The van der Waals surface area contributed by atoms with Crippen molar-refractivity contribution in [2.45, 2.75) is 13.2 Å². The Bertz CT molecular complexity index is 166. The Kier molecular flexibility index (Phi) is 1.81. The fourth-order valence-electron chi connectivity index (χ4n) is 0.515. The number of aromatic nitrogens is 1. The molecule has 0 radical (unpaired) electrons. The number of aliphatic hydroxyl groups is 1. The Labute approximate surface area is 52.3 Å². The van der Waals surface area contributed by atoms with Crippen LogP contribution in [0.25, 0.3) is 0 Å². The zero-order valence-electron chi connectivity index (χ0n) is 4.87. The molecule has 1 heterocycles. The number of rotatable bonds is 2. The van der Waals surface area contributed by atoms with Crippen molar-refractivity contribution >= 4 is 0 Å². The van der Waals surface area contributed by atoms with Crippen LogP contribution in [0.15, 0.2) is 10.6 Å². The van der Waals surface area contributed by atoms with E-state index in [1.54, 1.807) is 0 Å². The predicted molar refractivity (Wildman–Crippen MR) is 30.3 cm³/mol. The molecule has 0 amide bonds. The van der Waals surface area contributed by atoms with Crippen molar-refractivity contribution in [3.05, 3.63) is 17.8 Å². The minimum atomic E-state index is -0.118. The number of oxazole rings is 1. The van der Waals surface area contributed by atoms with Gasteiger partial charge >= 0.3 is 0 Å². The van der Waals surface area contributed by atoms with Crippen molar-refractivity contribution in [3.8, 4) is 0 Å². The van der Waals surface area contributed by atoms with Gasteiger partial charge in [-0.2, -0.15) is 0 Å². The van der Waals surface area contributed by atoms with Crippen LogP contribution in [0.3, 0.4) is 0 Å². The Morgan fingerprint density at radius 3 is 2.89 bits per heavy atom. The van der Waals surface area contributed by atoms with Crippen LogP contribution in [0.4, 0.5) is 0 Å². The summed E-state index contributed by atoms with van der Waals surface area (Å²) in [6, 6.07) is 0. The van der Waals surface area contributed by atoms with Gasteiger partial charge in [0.15, 0.2) is 0 Å². The van der Waals surface area contributed by atoms with Gasteiger partial charge in [0.25, 0.3) is 0 Å². The van der Waals surface area contributed by atoms with E-state index < -0.39 is 0 Å². The normalized spacial score (nSPS) is 10.0. The highest BCUT2D eigenvalue weighted by Gasteiger charge is 1.97. The molecule has 0 atom stereocenters. The maximum atomic E-state index is 8.47. The van der Waals surface area contributed by atoms with E-state index in [0.717, 1.165) is 0 Å². The van der Waals surface area contributed by atoms with E-state index in [2.05, 4.69) is 4.98 Å². The molecule has 4 heteroatoms. The molecule has 9 heavy (non-hydrogen) atoms. The van der Waals surface area contributed by atoms with Crippen LogP contribution in [-0.4, -0.2) is 10.1 Å². The summed E-state index contributed by atoms with van der Waals surface area (Å²) in [6.45, 7) is 0.160. The molecule has 0 aliphatic heterocycles. The first-order chi connectivity index (χ1) is 4.36. The SMILES string of the molecule is NCc1ncc(CO)o1. The lowest BCUT2D eigenvalue weighted by Crippen LogP contribution is -1.94. The highest BCUT2D eigenvalue weighted by atomic mass is 16.4. The summed E-state index contributed by atoms with van der Waals surface area (Å²) in [5, 5.41) is 8.47. The molecule has 0 unspecified atom stereocenters. The Morgan fingerprint density at radius 1 is 1.78 bits per heavy atom. The molecule has 3 N–H and O–H groups in total. The molecule has 1 aromatic rings. The molecule has 0 aliphatic carbocycles. The number of hydrogen-bond acceptors (Lipinski definition) is 4. The van der Waals surface area contributed by atoms with Gasteiger partial charge in [-0.25, -0.2) is 4.98 Å². The third kappa shape index (κ3) is 1.28. The first-order valence-corrected chi connectivity index (χ1v) is 2.61. The van der Waals surface area contributed by atoms with Gasteiger partial charge in [0.2, 0.25) is 5.89 Å². The van der Waals surface area contributed by atoms with Crippen molar-refractivity contribution in [1.29, 1.82) is 0 Å². The maximum absolute atomic E-state index is 8.47. The zero-order chi connectivity index (χ0) is 6.69. The van der Waals surface area contributed by atoms with Gasteiger partial charge in [0, 0.05) is 0 Å². The largest absolute Gasteiger partial charge is 0.442 e. The molecular formula is C5H8N2O2. The quantitative estimate of drug-likeness (QED) is 0.569. The van der Waals surface area contributed by atoms with Crippen LogP contribution in [-0.2, 0) is 13.2 Å². The number of nitrogens with zero attached hydrogens (tertiary/aromatic N) is 1. The number of nitrogens with two attached hydrogens (primary N) is 1. The fourth-order valence-corrected chi connectivity index (χ4v) is 0.515. The number of aliphatic hydroxyl groups excluding tert-OH is 1. The van der Waals surface area contributed by atoms with E-state index in [1.165, 1.54) is 6.20 Å². The van der Waals surface area contributed by atoms with Gasteiger partial charge in [-0.3, -0.25) is 0 Å². The van der Waals surface area contributed by atoms with Crippen LogP contribution in [0, 0.1) is 0 Å². The molecule has 4 nitrogen and oxygen atoms in total. The average molecular weight is 128 g/mol. The summed E-state index contributed by atoms with van der Waals surface area (Å²) in [6.07, 6.45) is 1.46. The van der Waals surface area contributed by atoms with E-state index >= 15 is 0 Å². The van der Waals surface area contributed by atoms with E-state index in [-0.39, 0.29) is 13.2 Å². The van der Waals surface area contributed by atoms with Gasteiger partial charge in [-0.1, -0.05) is 0 Å². The molecule has 50 valence electrons. The molecule has 0 spiro atoms. The maximum Gasteiger partial charge on any atom is 0.208 e. The van der Waals surface area contributed by atoms with Crippen LogP contribution in [0.5, 0.6) is 0 Å². The van der Waals surface area contributed by atoms with Crippen LogP contribution >= 0.6 is 0 Å². The third-order valence-electron chi connectivity index (χ3n) is 0.932. The molecule has 0 aromatic carbocycles. The van der Waals surface area contributed by atoms with E-state index in [1.807, 2.05) is 0 Å². The van der Waals surface area contributed by atoms with Crippen molar-refractivity contribution in [2.75, 3.05) is 0 Å². The second-order valence-electron chi connectivity index (χ2n) is 1.58. The second-order valence-corrected chi connectivity index (χ2v) is 1.58. The monoisotopic (exact) mass is 128 g/mol. The standard InChI is InChI=1S/C5H8N2O2/c6-1-5-7-2-4(3-8)9-5/h2,8H,1,3,6H2. The average Bonchev–Trinajstić information content (AvgIpc) is 2.34. The van der Waals surface area contributed by atoms with Gasteiger partial charge in [-0.05, 0) is 0 Å². The first-order valence-electron chi connectivity index (χ1n) is 2.61. The molecule has 0 aliphatic rings. The lowest BCUT2D eigenvalue weighted by molar-refractivity contribution is 0.243.